The number of quaternary nitrogens is 1. The number of carbonyl (C=O) groups excluding carboxylic acids is 1. The van der Waals surface area contributed by atoms with E-state index in [-0.39, 0.29) is 25.8 Å². The Balaban J connectivity index is 4.20. The topological polar surface area (TPSA) is 94.1 Å². The number of hydrogen-bond donors (Lipinski definition) is 0. The second-order valence-corrected chi connectivity index (χ2v) is 18.5. The van der Waals surface area contributed by atoms with Gasteiger partial charge in [-0.25, -0.2) is 0 Å². The van der Waals surface area contributed by atoms with Gasteiger partial charge in [-0.3, -0.25) is 9.36 Å². The van der Waals surface area contributed by atoms with Crippen molar-refractivity contribution in [2.75, 3.05) is 54.1 Å². The maximum absolute atomic E-state index is 12.7. The molecule has 0 aliphatic rings. The Morgan fingerprint density at radius 3 is 1.48 bits per heavy atom. The number of nitrogens with zero attached hydrogens (tertiary/aromatic N) is 1. The minimum absolute atomic E-state index is 0.0194. The van der Waals surface area contributed by atoms with Crippen LogP contribution in [0.3, 0.4) is 0 Å². The van der Waals surface area contributed by atoms with E-state index in [1.807, 2.05) is 21.1 Å². The molecule has 0 saturated heterocycles. The maximum Gasteiger partial charge on any atom is 0.306 e. The van der Waals surface area contributed by atoms with E-state index in [9.17, 15) is 14.3 Å². The van der Waals surface area contributed by atoms with E-state index in [0.29, 0.717) is 24.1 Å². The smallest absolute Gasteiger partial charge is 0.306 e. The number of phosphoric acid groups is 1. The van der Waals surface area contributed by atoms with Crippen LogP contribution in [0.4, 0.5) is 0 Å². The van der Waals surface area contributed by atoms with Gasteiger partial charge in [-0.2, -0.15) is 0 Å². The zero-order valence-electron chi connectivity index (χ0n) is 38.5. The monoisotopic (exact) mass is 838 g/mol. The molecule has 0 radical (unpaired) electrons. The van der Waals surface area contributed by atoms with Crippen LogP contribution < -0.4 is 4.89 Å². The molecular weight excluding hydrogens is 746 g/mol. The zero-order chi connectivity index (χ0) is 42.7. The van der Waals surface area contributed by atoms with Crippen molar-refractivity contribution in [3.63, 3.8) is 0 Å². The lowest BCUT2D eigenvalue weighted by Crippen LogP contribution is -2.37. The van der Waals surface area contributed by atoms with Crippen LogP contribution in [0, 0.1) is 0 Å². The van der Waals surface area contributed by atoms with Gasteiger partial charge in [-0.05, 0) is 51.4 Å². The average molecular weight is 838 g/mol. The molecule has 0 bridgehead atoms. The molecule has 2 atom stereocenters. The number of phosphoric ester groups is 1. The Kier molecular flexibility index (Phi) is 41.0. The summed E-state index contributed by atoms with van der Waals surface area (Å²) < 4.78 is 34.6. The predicted octanol–water partition coefficient (Wildman–Crippen LogP) is 13.7. The summed E-state index contributed by atoms with van der Waals surface area (Å²) in [6.45, 7) is 5.24. The lowest BCUT2D eigenvalue weighted by molar-refractivity contribution is -0.870. The number of rotatable bonds is 44. The quantitative estimate of drug-likeness (QED) is 0.0198. The van der Waals surface area contributed by atoms with Gasteiger partial charge in [0.25, 0.3) is 7.82 Å². The zero-order valence-corrected chi connectivity index (χ0v) is 39.4. The van der Waals surface area contributed by atoms with Gasteiger partial charge in [0.15, 0.2) is 0 Å². The van der Waals surface area contributed by atoms with Crippen LogP contribution in [0.5, 0.6) is 0 Å². The van der Waals surface area contributed by atoms with Gasteiger partial charge in [0.1, 0.15) is 19.3 Å². The SMILES string of the molecule is CC/C=C\C/C=C\C/C=C\C/C=C\CCCCCOCC(COP(=O)([O-])OCC[N+](C)(C)C)OC(=O)CCCCCCCCCCCCCCCCCCCCCC. The van der Waals surface area contributed by atoms with Gasteiger partial charge in [-0.15, -0.1) is 0 Å². The summed E-state index contributed by atoms with van der Waals surface area (Å²) in [6, 6.07) is 0. The standard InChI is InChI=1S/C49H92NO7P/c1-6-8-10-12-14-16-18-20-22-24-25-26-27-28-30-32-34-36-38-40-42-49(51)57-48(47-56-58(52,53)55-45-43-50(3,4)5)46-54-44-41-39-37-35-33-31-29-23-21-19-17-15-13-11-9-7-2/h9,11,15,17,21,23,31,33,48H,6-8,10,12-14,16,18-20,22,24-30,32,34-47H2,1-5H3/b11-9-,17-15-,23-21-,33-31-. The van der Waals surface area contributed by atoms with E-state index in [1.54, 1.807) is 0 Å². The van der Waals surface area contributed by atoms with Crippen LogP contribution in [0.15, 0.2) is 48.6 Å². The Morgan fingerprint density at radius 2 is 1.00 bits per heavy atom. The van der Waals surface area contributed by atoms with Gasteiger partial charge in [-0.1, -0.05) is 191 Å². The highest BCUT2D eigenvalue weighted by Crippen LogP contribution is 2.38. The average Bonchev–Trinajstić information content (AvgIpc) is 3.18. The number of allylic oxidation sites excluding steroid dienone is 8. The Hall–Kier alpha value is -1.54. The molecule has 0 amide bonds. The lowest BCUT2D eigenvalue weighted by Gasteiger charge is -2.28. The molecule has 9 heteroatoms. The van der Waals surface area contributed by atoms with Gasteiger partial charge < -0.3 is 27.9 Å². The Labute approximate surface area is 358 Å². The molecule has 0 aromatic rings. The van der Waals surface area contributed by atoms with Crippen LogP contribution in [0.1, 0.15) is 200 Å². The van der Waals surface area contributed by atoms with Gasteiger partial charge >= 0.3 is 5.97 Å². The van der Waals surface area contributed by atoms with Crippen molar-refractivity contribution < 1.29 is 37.3 Å². The summed E-state index contributed by atoms with van der Waals surface area (Å²) in [7, 11) is 1.34. The molecule has 2 unspecified atom stereocenters. The number of carbonyl (C=O) groups is 1. The highest BCUT2D eigenvalue weighted by Gasteiger charge is 2.20. The second kappa shape index (κ2) is 42.2. The molecule has 340 valence electrons. The molecule has 0 heterocycles. The molecule has 58 heavy (non-hydrogen) atoms. The van der Waals surface area contributed by atoms with E-state index in [2.05, 4.69) is 62.5 Å². The summed E-state index contributed by atoms with van der Waals surface area (Å²) in [6.07, 6.45) is 51.3. The summed E-state index contributed by atoms with van der Waals surface area (Å²) in [5.74, 6) is -0.343. The maximum atomic E-state index is 12.7. The molecule has 0 aromatic carbocycles. The highest BCUT2D eigenvalue weighted by atomic mass is 31.2. The summed E-state index contributed by atoms with van der Waals surface area (Å²) in [5.41, 5.74) is 0. The van der Waals surface area contributed by atoms with Crippen molar-refractivity contribution in [2.45, 2.75) is 206 Å². The lowest BCUT2D eigenvalue weighted by atomic mass is 10.0. The molecule has 0 aromatic heterocycles. The van der Waals surface area contributed by atoms with Crippen molar-refractivity contribution in [1.82, 2.24) is 0 Å². The van der Waals surface area contributed by atoms with Crippen LogP contribution in [-0.2, 0) is 27.9 Å². The largest absolute Gasteiger partial charge is 0.756 e. The van der Waals surface area contributed by atoms with E-state index in [4.69, 9.17) is 18.5 Å². The number of ether oxygens (including phenoxy) is 2. The van der Waals surface area contributed by atoms with Gasteiger partial charge in [0, 0.05) is 13.0 Å². The first-order valence-electron chi connectivity index (χ1n) is 23.9. The van der Waals surface area contributed by atoms with Gasteiger partial charge in [0.2, 0.25) is 0 Å². The van der Waals surface area contributed by atoms with Crippen molar-refractivity contribution in [3.8, 4) is 0 Å². The normalized spacial score (nSPS) is 14.1. The molecule has 0 spiro atoms. The number of unbranched alkanes of at least 4 members (excludes halogenated alkanes) is 22. The molecule has 0 saturated carbocycles. The highest BCUT2D eigenvalue weighted by molar-refractivity contribution is 7.45. The van der Waals surface area contributed by atoms with Crippen LogP contribution in [0.25, 0.3) is 0 Å². The minimum atomic E-state index is -4.54. The van der Waals surface area contributed by atoms with E-state index in [0.717, 1.165) is 70.6 Å². The molecule has 0 rings (SSSR count). The number of esters is 1. The molecule has 0 aliphatic heterocycles. The van der Waals surface area contributed by atoms with E-state index >= 15 is 0 Å². The molecule has 0 fully saturated rings. The molecule has 0 aliphatic carbocycles. The fourth-order valence-corrected chi connectivity index (χ4v) is 7.21. The Bertz CT molecular complexity index is 1070. The third kappa shape index (κ3) is 45.5. The summed E-state index contributed by atoms with van der Waals surface area (Å²) in [4.78, 5) is 25.1. The van der Waals surface area contributed by atoms with E-state index < -0.39 is 13.9 Å². The van der Waals surface area contributed by atoms with Crippen molar-refractivity contribution >= 4 is 13.8 Å². The first-order valence-corrected chi connectivity index (χ1v) is 25.3. The Morgan fingerprint density at radius 1 is 0.552 bits per heavy atom. The molecule has 0 N–H and O–H groups in total. The molecular formula is C49H92NO7P. The van der Waals surface area contributed by atoms with Gasteiger partial charge in [0.05, 0.1) is 34.4 Å². The summed E-state index contributed by atoms with van der Waals surface area (Å²) in [5, 5.41) is 0. The van der Waals surface area contributed by atoms with Crippen molar-refractivity contribution in [2.24, 2.45) is 0 Å². The fraction of sp³-hybridized carbons (Fsp3) is 0.816. The first kappa shape index (κ1) is 56.5. The van der Waals surface area contributed by atoms with E-state index in [1.165, 1.54) is 109 Å². The van der Waals surface area contributed by atoms with Crippen LogP contribution in [-0.4, -0.2) is 70.7 Å². The third-order valence-corrected chi connectivity index (χ3v) is 11.1. The molecule has 8 nitrogen and oxygen atoms in total. The minimum Gasteiger partial charge on any atom is -0.756 e. The van der Waals surface area contributed by atoms with Crippen LogP contribution >= 0.6 is 7.82 Å². The summed E-state index contributed by atoms with van der Waals surface area (Å²) >= 11 is 0. The number of likely N-dealkylation sites (N-methyl/N-ethyl adjacent to an activating group) is 1. The van der Waals surface area contributed by atoms with Crippen molar-refractivity contribution in [1.29, 1.82) is 0 Å². The third-order valence-electron chi connectivity index (χ3n) is 10.1. The van der Waals surface area contributed by atoms with Crippen molar-refractivity contribution in [3.05, 3.63) is 48.6 Å². The number of hydrogen-bond acceptors (Lipinski definition) is 7. The second-order valence-electron chi connectivity index (χ2n) is 17.1. The van der Waals surface area contributed by atoms with Crippen LogP contribution in [0.2, 0.25) is 0 Å². The first-order chi connectivity index (χ1) is 28.1. The fourth-order valence-electron chi connectivity index (χ4n) is 6.48. The predicted molar refractivity (Wildman–Crippen MR) is 245 cm³/mol.